The van der Waals surface area contributed by atoms with Crippen molar-refractivity contribution in [1.29, 1.82) is 0 Å². The molecule has 0 amide bonds. The van der Waals surface area contributed by atoms with Crippen molar-refractivity contribution in [3.63, 3.8) is 0 Å². The predicted molar refractivity (Wildman–Crippen MR) is 93.1 cm³/mol. The second-order valence-electron chi connectivity index (χ2n) is 5.50. The number of hydrogen-bond donors (Lipinski definition) is 2. The van der Waals surface area contributed by atoms with Gasteiger partial charge in [0.2, 0.25) is 0 Å². The zero-order valence-corrected chi connectivity index (χ0v) is 13.4. The summed E-state index contributed by atoms with van der Waals surface area (Å²) in [6.07, 6.45) is 1.70. The van der Waals surface area contributed by atoms with Crippen LogP contribution in [0, 0.1) is 13.8 Å². The number of aryl methyl sites for hydroxylation is 2. The lowest BCUT2D eigenvalue weighted by atomic mass is 10.1. The monoisotopic (exact) mass is 309 g/mol. The van der Waals surface area contributed by atoms with Crippen LogP contribution in [0.3, 0.4) is 0 Å². The van der Waals surface area contributed by atoms with Crippen molar-refractivity contribution in [3.8, 4) is 17.2 Å². The molecule has 0 radical (unpaired) electrons. The van der Waals surface area contributed by atoms with E-state index in [0.717, 1.165) is 33.5 Å². The highest BCUT2D eigenvalue weighted by atomic mass is 16.5. The van der Waals surface area contributed by atoms with Crippen molar-refractivity contribution in [1.82, 2.24) is 4.98 Å². The molecular weight excluding hydrogens is 290 g/mol. The van der Waals surface area contributed by atoms with Crippen LogP contribution in [0.4, 0.5) is 11.4 Å². The summed E-state index contributed by atoms with van der Waals surface area (Å²) in [7, 11) is 1.58. The van der Waals surface area contributed by atoms with Gasteiger partial charge in [-0.2, -0.15) is 0 Å². The third-order valence-electron chi connectivity index (χ3n) is 3.84. The van der Waals surface area contributed by atoms with Gasteiger partial charge in [0, 0.05) is 23.3 Å². The van der Waals surface area contributed by atoms with E-state index < -0.39 is 0 Å². The van der Waals surface area contributed by atoms with Gasteiger partial charge in [0.05, 0.1) is 18.3 Å². The topological polar surface area (TPSA) is 83.4 Å². The van der Waals surface area contributed by atoms with Crippen LogP contribution in [0.15, 0.2) is 36.5 Å². The van der Waals surface area contributed by atoms with Crippen molar-refractivity contribution >= 4 is 22.3 Å². The number of benzene rings is 2. The zero-order valence-electron chi connectivity index (χ0n) is 13.4. The molecule has 4 N–H and O–H groups in total. The fourth-order valence-electron chi connectivity index (χ4n) is 2.47. The van der Waals surface area contributed by atoms with Gasteiger partial charge >= 0.3 is 0 Å². The fourth-order valence-corrected chi connectivity index (χ4v) is 2.47. The summed E-state index contributed by atoms with van der Waals surface area (Å²) in [5, 5.41) is 0.833. The molecule has 0 saturated carbocycles. The number of pyridine rings is 1. The maximum Gasteiger partial charge on any atom is 0.143 e. The van der Waals surface area contributed by atoms with Crippen molar-refractivity contribution in [2.45, 2.75) is 13.8 Å². The van der Waals surface area contributed by atoms with Crippen LogP contribution in [0.25, 0.3) is 10.9 Å². The first kappa shape index (κ1) is 15.0. The molecule has 0 bridgehead atoms. The third kappa shape index (κ3) is 2.73. The van der Waals surface area contributed by atoms with Gasteiger partial charge in [-0.15, -0.1) is 0 Å². The second-order valence-corrected chi connectivity index (χ2v) is 5.50. The van der Waals surface area contributed by atoms with Crippen molar-refractivity contribution in [3.05, 3.63) is 47.7 Å². The summed E-state index contributed by atoms with van der Waals surface area (Å²) in [6, 6.07) is 9.28. The van der Waals surface area contributed by atoms with Crippen LogP contribution in [0.5, 0.6) is 17.2 Å². The Morgan fingerprint density at radius 1 is 0.870 bits per heavy atom. The highest BCUT2D eigenvalue weighted by Crippen LogP contribution is 2.36. The van der Waals surface area contributed by atoms with Gasteiger partial charge in [0.15, 0.2) is 0 Å². The van der Waals surface area contributed by atoms with Gasteiger partial charge in [-0.3, -0.25) is 4.98 Å². The summed E-state index contributed by atoms with van der Waals surface area (Å²) in [5.41, 5.74) is 15.9. The molecule has 0 spiro atoms. The van der Waals surface area contributed by atoms with Crippen LogP contribution in [-0.4, -0.2) is 12.1 Å². The predicted octanol–water partition coefficient (Wildman–Crippen LogP) is 3.82. The maximum absolute atomic E-state index is 6.09. The largest absolute Gasteiger partial charge is 0.495 e. The molecule has 0 aliphatic carbocycles. The average molecular weight is 309 g/mol. The number of hydrogen-bond acceptors (Lipinski definition) is 5. The van der Waals surface area contributed by atoms with Gasteiger partial charge in [0.1, 0.15) is 17.2 Å². The molecule has 5 nitrogen and oxygen atoms in total. The Morgan fingerprint density at radius 3 is 2.39 bits per heavy atom. The Kier molecular flexibility index (Phi) is 3.70. The van der Waals surface area contributed by atoms with E-state index in [2.05, 4.69) is 4.98 Å². The van der Waals surface area contributed by atoms with Crippen LogP contribution in [0.2, 0.25) is 0 Å². The minimum Gasteiger partial charge on any atom is -0.495 e. The molecule has 0 aliphatic rings. The number of ether oxygens (including phenoxy) is 2. The van der Waals surface area contributed by atoms with Crippen molar-refractivity contribution in [2.24, 2.45) is 0 Å². The lowest BCUT2D eigenvalue weighted by Crippen LogP contribution is -1.96. The smallest absolute Gasteiger partial charge is 0.143 e. The molecule has 0 atom stereocenters. The normalized spacial score (nSPS) is 10.7. The van der Waals surface area contributed by atoms with E-state index in [1.54, 1.807) is 19.4 Å². The van der Waals surface area contributed by atoms with Gasteiger partial charge in [-0.1, -0.05) is 0 Å². The summed E-state index contributed by atoms with van der Waals surface area (Å²) >= 11 is 0. The summed E-state index contributed by atoms with van der Waals surface area (Å²) < 4.78 is 11.3. The molecule has 23 heavy (non-hydrogen) atoms. The number of methoxy groups -OCH3 is 1. The molecular formula is C18H19N3O2. The minimum atomic E-state index is 0.544. The number of nitrogens with two attached hydrogens (primary N) is 2. The number of nitrogens with zero attached hydrogens (tertiary/aromatic N) is 1. The Labute approximate surface area is 134 Å². The van der Waals surface area contributed by atoms with Crippen LogP contribution < -0.4 is 20.9 Å². The molecule has 118 valence electrons. The van der Waals surface area contributed by atoms with E-state index >= 15 is 0 Å². The van der Waals surface area contributed by atoms with E-state index in [1.807, 2.05) is 38.1 Å². The summed E-state index contributed by atoms with van der Waals surface area (Å²) in [6.45, 7) is 3.92. The summed E-state index contributed by atoms with van der Waals surface area (Å²) in [5.74, 6) is 2.05. The quantitative estimate of drug-likeness (QED) is 0.719. The standard InChI is InChI=1S/C18H19N3O2/c1-10-7-17(11(2)6-13(10)19)23-16-4-5-21-15-9-18(22-3)14(20)8-12(15)16/h4-9H,19-20H2,1-3H3. The molecule has 3 aromatic rings. The van der Waals surface area contributed by atoms with Crippen molar-refractivity contribution in [2.75, 3.05) is 18.6 Å². The molecule has 5 heteroatoms. The van der Waals surface area contributed by atoms with Gasteiger partial charge in [-0.25, -0.2) is 0 Å². The Hall–Kier alpha value is -2.95. The fraction of sp³-hybridized carbons (Fsp3) is 0.167. The van der Waals surface area contributed by atoms with E-state index in [0.29, 0.717) is 17.2 Å². The first-order valence-electron chi connectivity index (χ1n) is 7.26. The van der Waals surface area contributed by atoms with Gasteiger partial charge < -0.3 is 20.9 Å². The molecule has 0 fully saturated rings. The molecule has 1 aromatic heterocycles. The minimum absolute atomic E-state index is 0.544. The number of rotatable bonds is 3. The Morgan fingerprint density at radius 2 is 1.65 bits per heavy atom. The Bertz CT molecular complexity index is 891. The van der Waals surface area contributed by atoms with Gasteiger partial charge in [0.25, 0.3) is 0 Å². The lowest BCUT2D eigenvalue weighted by Gasteiger charge is -2.14. The molecule has 0 unspecified atom stereocenters. The van der Waals surface area contributed by atoms with E-state index in [1.165, 1.54) is 0 Å². The zero-order chi connectivity index (χ0) is 16.6. The van der Waals surface area contributed by atoms with E-state index in [-0.39, 0.29) is 0 Å². The molecule has 2 aromatic carbocycles. The molecule has 1 heterocycles. The number of nitrogen functional groups attached to an aromatic ring is 2. The SMILES string of the molecule is COc1cc2nccc(Oc3cc(C)c(N)cc3C)c2cc1N. The van der Waals surface area contributed by atoms with E-state index in [9.17, 15) is 0 Å². The lowest BCUT2D eigenvalue weighted by molar-refractivity contribution is 0.417. The average Bonchev–Trinajstić information content (AvgIpc) is 2.52. The molecule has 0 saturated heterocycles. The van der Waals surface area contributed by atoms with Crippen LogP contribution >= 0.6 is 0 Å². The molecule has 3 rings (SSSR count). The highest BCUT2D eigenvalue weighted by Gasteiger charge is 2.11. The maximum atomic E-state index is 6.09. The summed E-state index contributed by atoms with van der Waals surface area (Å²) in [4.78, 5) is 4.35. The van der Waals surface area contributed by atoms with E-state index in [4.69, 9.17) is 20.9 Å². The number of fused-ring (bicyclic) bond motifs is 1. The molecule has 0 aliphatic heterocycles. The second kappa shape index (κ2) is 5.68. The Balaban J connectivity index is 2.10. The van der Waals surface area contributed by atoms with Crippen LogP contribution in [0.1, 0.15) is 11.1 Å². The first-order valence-corrected chi connectivity index (χ1v) is 7.26. The number of aromatic nitrogens is 1. The van der Waals surface area contributed by atoms with Crippen LogP contribution in [-0.2, 0) is 0 Å². The highest BCUT2D eigenvalue weighted by molar-refractivity contribution is 5.90. The third-order valence-corrected chi connectivity index (χ3v) is 3.84. The number of anilines is 2. The van der Waals surface area contributed by atoms with Crippen molar-refractivity contribution < 1.29 is 9.47 Å². The van der Waals surface area contributed by atoms with Gasteiger partial charge in [-0.05, 0) is 49.2 Å². The first-order chi connectivity index (χ1) is 11.0.